The summed E-state index contributed by atoms with van der Waals surface area (Å²) in [7, 11) is -0.959. The van der Waals surface area contributed by atoms with E-state index >= 15 is 0 Å². The number of nitrogens with one attached hydrogen (secondary N) is 1. The highest BCUT2D eigenvalue weighted by Crippen LogP contribution is 2.19. The first-order valence-electron chi connectivity index (χ1n) is 5.15. The minimum atomic E-state index is -0.959. The molecule has 5 heteroatoms. The van der Waals surface area contributed by atoms with Crippen LogP contribution < -0.4 is 5.32 Å². The van der Waals surface area contributed by atoms with Crippen LogP contribution in [0.2, 0.25) is 5.02 Å². The second-order valence-electron chi connectivity index (χ2n) is 4.01. The minimum absolute atomic E-state index is 0.332. The number of benzene rings is 1. The molecule has 16 heavy (non-hydrogen) atoms. The molecule has 0 saturated carbocycles. The molecule has 0 radical (unpaired) electrons. The van der Waals surface area contributed by atoms with Crippen LogP contribution in [0.25, 0.3) is 0 Å². The topological polar surface area (TPSA) is 29.1 Å². The second kappa shape index (κ2) is 5.25. The van der Waals surface area contributed by atoms with E-state index < -0.39 is 10.8 Å². The smallest absolute Gasteiger partial charge is 0.123 e. The van der Waals surface area contributed by atoms with Gasteiger partial charge in [0.1, 0.15) is 5.82 Å². The van der Waals surface area contributed by atoms with E-state index in [2.05, 4.69) is 5.32 Å². The normalized spacial score (nSPS) is 18.1. The molecule has 0 aromatic heterocycles. The van der Waals surface area contributed by atoms with Crippen molar-refractivity contribution in [3.05, 3.63) is 34.6 Å². The lowest BCUT2D eigenvalue weighted by molar-refractivity contribution is 0.382. The summed E-state index contributed by atoms with van der Waals surface area (Å²) in [6.45, 7) is 1.87. The standard InChI is InChI=1S/C11H13ClFNOS/c12-11-2-1-10(13)3-9(11)7-16(15)6-8-4-14-5-8/h1-3,8,14H,4-7H2. The monoisotopic (exact) mass is 261 g/mol. The highest BCUT2D eigenvalue weighted by Gasteiger charge is 2.19. The molecular weight excluding hydrogens is 249 g/mol. The summed E-state index contributed by atoms with van der Waals surface area (Å²) in [6.07, 6.45) is 0. The summed E-state index contributed by atoms with van der Waals surface area (Å²) in [6, 6.07) is 4.18. The molecule has 1 aliphatic heterocycles. The quantitative estimate of drug-likeness (QED) is 0.898. The average molecular weight is 262 g/mol. The number of hydrogen-bond donors (Lipinski definition) is 1. The van der Waals surface area contributed by atoms with Crippen LogP contribution >= 0.6 is 11.6 Å². The Morgan fingerprint density at radius 3 is 2.88 bits per heavy atom. The Balaban J connectivity index is 1.96. The van der Waals surface area contributed by atoms with Crippen molar-refractivity contribution in [2.24, 2.45) is 5.92 Å². The third-order valence-corrected chi connectivity index (χ3v) is 4.46. The summed E-state index contributed by atoms with van der Waals surface area (Å²) in [5.41, 5.74) is 0.632. The molecule has 1 aromatic rings. The van der Waals surface area contributed by atoms with Gasteiger partial charge in [0.15, 0.2) is 0 Å². The molecular formula is C11H13ClFNOS. The van der Waals surface area contributed by atoms with Crippen LogP contribution in [-0.4, -0.2) is 23.1 Å². The van der Waals surface area contributed by atoms with E-state index in [9.17, 15) is 8.60 Å². The lowest BCUT2D eigenvalue weighted by atomic mass is 10.1. The molecule has 1 aromatic carbocycles. The molecule has 0 spiro atoms. The van der Waals surface area contributed by atoms with Crippen LogP contribution in [0.15, 0.2) is 18.2 Å². The van der Waals surface area contributed by atoms with Gasteiger partial charge in [-0.3, -0.25) is 4.21 Å². The molecule has 0 aliphatic carbocycles. The van der Waals surface area contributed by atoms with Gasteiger partial charge in [0.05, 0.1) is 5.75 Å². The largest absolute Gasteiger partial charge is 0.316 e. The van der Waals surface area contributed by atoms with Crippen molar-refractivity contribution >= 4 is 22.4 Å². The third kappa shape index (κ3) is 3.03. The Morgan fingerprint density at radius 1 is 1.50 bits per heavy atom. The molecule has 1 unspecified atom stereocenters. The van der Waals surface area contributed by atoms with Crippen molar-refractivity contribution in [2.45, 2.75) is 5.75 Å². The van der Waals surface area contributed by atoms with Crippen molar-refractivity contribution < 1.29 is 8.60 Å². The molecule has 1 heterocycles. The van der Waals surface area contributed by atoms with E-state index in [-0.39, 0.29) is 5.82 Å². The Kier molecular flexibility index (Phi) is 3.95. The highest BCUT2D eigenvalue weighted by atomic mass is 35.5. The van der Waals surface area contributed by atoms with Crippen LogP contribution in [0, 0.1) is 11.7 Å². The van der Waals surface area contributed by atoms with Gasteiger partial charge in [-0.05, 0) is 29.7 Å². The van der Waals surface area contributed by atoms with Crippen LogP contribution in [0.5, 0.6) is 0 Å². The fourth-order valence-corrected chi connectivity index (χ4v) is 3.34. The van der Waals surface area contributed by atoms with Crippen LogP contribution in [-0.2, 0) is 16.6 Å². The van der Waals surface area contributed by atoms with Crippen molar-refractivity contribution in [2.75, 3.05) is 18.8 Å². The molecule has 1 N–H and O–H groups in total. The number of hydrogen-bond acceptors (Lipinski definition) is 2. The lowest BCUT2D eigenvalue weighted by Gasteiger charge is -2.26. The third-order valence-electron chi connectivity index (χ3n) is 2.61. The van der Waals surface area contributed by atoms with Gasteiger partial charge in [-0.25, -0.2) is 4.39 Å². The predicted octanol–water partition coefficient (Wildman–Crippen LogP) is 1.95. The van der Waals surface area contributed by atoms with Crippen molar-refractivity contribution in [1.29, 1.82) is 0 Å². The highest BCUT2D eigenvalue weighted by molar-refractivity contribution is 7.84. The Labute approximate surface area is 102 Å². The molecule has 0 bridgehead atoms. The molecule has 88 valence electrons. The van der Waals surface area contributed by atoms with E-state index in [1.807, 2.05) is 0 Å². The van der Waals surface area contributed by atoms with E-state index in [0.717, 1.165) is 13.1 Å². The minimum Gasteiger partial charge on any atom is -0.316 e. The maximum Gasteiger partial charge on any atom is 0.123 e. The summed E-state index contributed by atoms with van der Waals surface area (Å²) in [5.74, 6) is 1.17. The summed E-state index contributed by atoms with van der Waals surface area (Å²) >= 11 is 5.91. The first kappa shape index (κ1) is 12.0. The van der Waals surface area contributed by atoms with Gasteiger partial charge in [0.2, 0.25) is 0 Å². The van der Waals surface area contributed by atoms with Gasteiger partial charge in [-0.1, -0.05) is 11.6 Å². The first-order chi connectivity index (χ1) is 7.65. The summed E-state index contributed by atoms with van der Waals surface area (Å²) in [5, 5.41) is 3.62. The van der Waals surface area contributed by atoms with Gasteiger partial charge in [0, 0.05) is 34.7 Å². The fraction of sp³-hybridized carbons (Fsp3) is 0.455. The lowest BCUT2D eigenvalue weighted by Crippen LogP contribution is -2.44. The number of halogens is 2. The van der Waals surface area contributed by atoms with E-state index in [1.54, 1.807) is 0 Å². The Hall–Kier alpha value is -0.450. The molecule has 2 rings (SSSR count). The Morgan fingerprint density at radius 2 is 2.25 bits per heavy atom. The van der Waals surface area contributed by atoms with Crippen LogP contribution in [0.4, 0.5) is 4.39 Å². The number of rotatable bonds is 4. The maximum atomic E-state index is 13.0. The fourth-order valence-electron chi connectivity index (χ4n) is 1.62. The van der Waals surface area contributed by atoms with Crippen LogP contribution in [0.1, 0.15) is 5.56 Å². The van der Waals surface area contributed by atoms with Crippen LogP contribution in [0.3, 0.4) is 0 Å². The molecule has 2 nitrogen and oxygen atoms in total. The zero-order valence-electron chi connectivity index (χ0n) is 8.71. The Bertz CT molecular complexity index is 409. The van der Waals surface area contributed by atoms with Crippen molar-refractivity contribution in [1.82, 2.24) is 5.32 Å². The maximum absolute atomic E-state index is 13.0. The van der Waals surface area contributed by atoms with E-state index in [0.29, 0.717) is 28.0 Å². The summed E-state index contributed by atoms with van der Waals surface area (Å²) < 4.78 is 24.8. The van der Waals surface area contributed by atoms with Gasteiger partial charge >= 0.3 is 0 Å². The first-order valence-corrected chi connectivity index (χ1v) is 7.01. The van der Waals surface area contributed by atoms with Crippen molar-refractivity contribution in [3.8, 4) is 0 Å². The molecule has 1 aliphatic rings. The van der Waals surface area contributed by atoms with Gasteiger partial charge in [0.25, 0.3) is 0 Å². The molecule has 1 fully saturated rings. The SMILES string of the molecule is O=S(Cc1cc(F)ccc1Cl)CC1CNC1. The van der Waals surface area contributed by atoms with Gasteiger partial charge < -0.3 is 5.32 Å². The summed E-state index contributed by atoms with van der Waals surface area (Å²) in [4.78, 5) is 0. The second-order valence-corrected chi connectivity index (χ2v) is 5.92. The zero-order chi connectivity index (χ0) is 11.5. The average Bonchev–Trinajstić information content (AvgIpc) is 2.18. The van der Waals surface area contributed by atoms with Gasteiger partial charge in [-0.2, -0.15) is 0 Å². The molecule has 1 saturated heterocycles. The molecule has 1 atom stereocenters. The van der Waals surface area contributed by atoms with E-state index in [1.165, 1.54) is 18.2 Å². The van der Waals surface area contributed by atoms with Gasteiger partial charge in [-0.15, -0.1) is 0 Å². The van der Waals surface area contributed by atoms with E-state index in [4.69, 9.17) is 11.6 Å². The zero-order valence-corrected chi connectivity index (χ0v) is 10.3. The molecule has 0 amide bonds. The van der Waals surface area contributed by atoms with Crippen molar-refractivity contribution in [3.63, 3.8) is 0 Å². The predicted molar refractivity (Wildman–Crippen MR) is 64.5 cm³/mol.